The van der Waals surface area contributed by atoms with Gasteiger partial charge in [0.15, 0.2) is 5.13 Å². The highest BCUT2D eigenvalue weighted by atomic mass is 32.1. The molecule has 0 aliphatic rings. The summed E-state index contributed by atoms with van der Waals surface area (Å²) in [6.45, 7) is 2.06. The van der Waals surface area contributed by atoms with Crippen molar-refractivity contribution in [2.75, 3.05) is 5.32 Å². The number of hydrogen-bond donors (Lipinski definition) is 1. The second-order valence-electron chi connectivity index (χ2n) is 5.67. The third kappa shape index (κ3) is 2.89. The van der Waals surface area contributed by atoms with Gasteiger partial charge in [-0.25, -0.2) is 4.98 Å². The average molecular weight is 349 g/mol. The molecule has 1 amide bonds. The molecule has 0 saturated heterocycles. The van der Waals surface area contributed by atoms with E-state index in [1.54, 1.807) is 25.5 Å². The first-order chi connectivity index (χ1) is 12.1. The molecule has 1 N–H and O–H groups in total. The Bertz CT molecular complexity index is 1080. The first-order valence-corrected chi connectivity index (χ1v) is 8.55. The Labute approximate surface area is 148 Å². The van der Waals surface area contributed by atoms with Crippen LogP contribution in [0.1, 0.15) is 16.1 Å². The van der Waals surface area contributed by atoms with Gasteiger partial charge in [-0.3, -0.25) is 19.8 Å². The standard InChI is InChI=1S/C18H15N5OS/c1-11-5-3-4-6-12(11)13-9-16-14(10-19-13)21-18(25-16)22-17(24)15-7-8-20-23(15)2/h3-10H,1-2H3,(H,21,22,24). The number of benzene rings is 1. The topological polar surface area (TPSA) is 72.7 Å². The molecule has 3 aromatic heterocycles. The van der Waals surface area contributed by atoms with E-state index in [9.17, 15) is 4.79 Å². The van der Waals surface area contributed by atoms with Crippen LogP contribution < -0.4 is 5.32 Å². The quantitative estimate of drug-likeness (QED) is 0.613. The molecule has 0 fully saturated rings. The molecule has 4 aromatic rings. The van der Waals surface area contributed by atoms with Gasteiger partial charge in [0.2, 0.25) is 0 Å². The van der Waals surface area contributed by atoms with E-state index in [2.05, 4.69) is 39.4 Å². The number of amides is 1. The first kappa shape index (κ1) is 15.5. The summed E-state index contributed by atoms with van der Waals surface area (Å²) < 4.78 is 2.51. The number of rotatable bonds is 3. The monoisotopic (exact) mass is 349 g/mol. The number of aromatic nitrogens is 4. The van der Waals surface area contributed by atoms with Crippen molar-refractivity contribution in [3.05, 3.63) is 60.0 Å². The lowest BCUT2D eigenvalue weighted by molar-refractivity contribution is 0.101. The van der Waals surface area contributed by atoms with Gasteiger partial charge in [-0.1, -0.05) is 35.6 Å². The highest BCUT2D eigenvalue weighted by Crippen LogP contribution is 2.30. The van der Waals surface area contributed by atoms with Crippen LogP contribution in [0, 0.1) is 6.92 Å². The van der Waals surface area contributed by atoms with Crippen molar-refractivity contribution in [2.24, 2.45) is 7.05 Å². The molecule has 0 spiro atoms. The van der Waals surface area contributed by atoms with Gasteiger partial charge >= 0.3 is 0 Å². The average Bonchev–Trinajstić information content (AvgIpc) is 3.20. The maximum atomic E-state index is 12.3. The molecule has 0 bridgehead atoms. The number of hydrogen-bond acceptors (Lipinski definition) is 5. The van der Waals surface area contributed by atoms with Crippen LogP contribution in [0.5, 0.6) is 0 Å². The molecule has 0 aliphatic heterocycles. The van der Waals surface area contributed by atoms with Crippen molar-refractivity contribution in [3.8, 4) is 11.3 Å². The molecule has 0 saturated carbocycles. The number of thiazole rings is 1. The van der Waals surface area contributed by atoms with Crippen LogP contribution >= 0.6 is 11.3 Å². The fourth-order valence-electron chi connectivity index (χ4n) is 2.65. The maximum Gasteiger partial charge on any atom is 0.275 e. The predicted molar refractivity (Wildman–Crippen MR) is 98.7 cm³/mol. The molecule has 4 rings (SSSR count). The first-order valence-electron chi connectivity index (χ1n) is 7.74. The zero-order chi connectivity index (χ0) is 17.4. The Hall–Kier alpha value is -3.06. The van der Waals surface area contributed by atoms with Gasteiger partial charge in [0.05, 0.1) is 16.6 Å². The highest BCUT2D eigenvalue weighted by Gasteiger charge is 2.14. The summed E-state index contributed by atoms with van der Waals surface area (Å²) in [6.07, 6.45) is 3.33. The van der Waals surface area contributed by atoms with Crippen LogP contribution in [0.25, 0.3) is 21.5 Å². The summed E-state index contributed by atoms with van der Waals surface area (Å²) in [5.74, 6) is -0.230. The Kier molecular flexibility index (Phi) is 3.77. The second-order valence-corrected chi connectivity index (χ2v) is 6.70. The van der Waals surface area contributed by atoms with E-state index in [0.717, 1.165) is 21.5 Å². The Morgan fingerprint density at radius 3 is 2.84 bits per heavy atom. The minimum atomic E-state index is -0.230. The fraction of sp³-hybridized carbons (Fsp3) is 0.111. The van der Waals surface area contributed by atoms with Crippen molar-refractivity contribution in [1.29, 1.82) is 0 Å². The molecule has 0 aliphatic carbocycles. The van der Waals surface area contributed by atoms with Gasteiger partial charge < -0.3 is 0 Å². The Morgan fingerprint density at radius 1 is 1.24 bits per heavy atom. The molecule has 1 aromatic carbocycles. The molecule has 6 nitrogen and oxygen atoms in total. The van der Waals surface area contributed by atoms with E-state index in [-0.39, 0.29) is 5.91 Å². The number of carbonyl (C=O) groups is 1. The summed E-state index contributed by atoms with van der Waals surface area (Å²) in [4.78, 5) is 21.2. The van der Waals surface area contributed by atoms with E-state index >= 15 is 0 Å². The number of carbonyl (C=O) groups excluding carboxylic acids is 1. The minimum absolute atomic E-state index is 0.230. The third-order valence-electron chi connectivity index (χ3n) is 3.97. The van der Waals surface area contributed by atoms with Crippen molar-refractivity contribution >= 4 is 32.6 Å². The fourth-order valence-corrected chi connectivity index (χ4v) is 3.52. The van der Waals surface area contributed by atoms with Crippen molar-refractivity contribution < 1.29 is 4.79 Å². The van der Waals surface area contributed by atoms with Crippen LogP contribution in [0.15, 0.2) is 48.8 Å². The molecule has 124 valence electrons. The van der Waals surface area contributed by atoms with Crippen LogP contribution in [0.4, 0.5) is 5.13 Å². The molecular weight excluding hydrogens is 334 g/mol. The van der Waals surface area contributed by atoms with E-state index in [0.29, 0.717) is 10.8 Å². The van der Waals surface area contributed by atoms with Crippen LogP contribution in [0.3, 0.4) is 0 Å². The summed E-state index contributed by atoms with van der Waals surface area (Å²) in [5, 5.41) is 7.38. The third-order valence-corrected chi connectivity index (χ3v) is 4.90. The molecule has 3 heterocycles. The molecule has 0 unspecified atom stereocenters. The Morgan fingerprint density at radius 2 is 2.08 bits per heavy atom. The molecular formula is C18H15N5OS. The van der Waals surface area contributed by atoms with Gasteiger partial charge in [0, 0.05) is 18.8 Å². The number of nitrogens with zero attached hydrogens (tertiary/aromatic N) is 4. The Balaban J connectivity index is 1.66. The van der Waals surface area contributed by atoms with Crippen molar-refractivity contribution in [3.63, 3.8) is 0 Å². The highest BCUT2D eigenvalue weighted by molar-refractivity contribution is 7.22. The van der Waals surface area contributed by atoms with Gasteiger partial charge in [0.1, 0.15) is 11.2 Å². The lowest BCUT2D eigenvalue weighted by atomic mass is 10.1. The summed E-state index contributed by atoms with van der Waals surface area (Å²) in [6, 6.07) is 11.8. The van der Waals surface area contributed by atoms with Crippen molar-refractivity contribution in [1.82, 2.24) is 19.7 Å². The molecule has 7 heteroatoms. The predicted octanol–water partition coefficient (Wildman–Crippen LogP) is 3.65. The van der Waals surface area contributed by atoms with Crippen LogP contribution in [-0.4, -0.2) is 25.7 Å². The number of anilines is 1. The minimum Gasteiger partial charge on any atom is -0.296 e. The number of pyridine rings is 1. The normalized spacial score (nSPS) is 11.0. The van der Waals surface area contributed by atoms with E-state index in [1.807, 2.05) is 18.2 Å². The summed E-state index contributed by atoms with van der Waals surface area (Å²) in [7, 11) is 1.73. The zero-order valence-electron chi connectivity index (χ0n) is 13.7. The maximum absolute atomic E-state index is 12.3. The van der Waals surface area contributed by atoms with Crippen molar-refractivity contribution in [2.45, 2.75) is 6.92 Å². The van der Waals surface area contributed by atoms with E-state index in [4.69, 9.17) is 0 Å². The van der Waals surface area contributed by atoms with Crippen LogP contribution in [0.2, 0.25) is 0 Å². The summed E-state index contributed by atoms with van der Waals surface area (Å²) >= 11 is 1.43. The van der Waals surface area contributed by atoms with E-state index in [1.165, 1.54) is 21.6 Å². The van der Waals surface area contributed by atoms with Crippen LogP contribution in [-0.2, 0) is 7.05 Å². The van der Waals surface area contributed by atoms with Gasteiger partial charge in [0.25, 0.3) is 5.91 Å². The smallest absolute Gasteiger partial charge is 0.275 e. The lowest BCUT2D eigenvalue weighted by Crippen LogP contribution is -2.15. The zero-order valence-corrected chi connectivity index (χ0v) is 14.5. The SMILES string of the molecule is Cc1ccccc1-c1cc2sc(NC(=O)c3ccnn3C)nc2cn1. The van der Waals surface area contributed by atoms with Gasteiger partial charge in [-0.2, -0.15) is 5.10 Å². The molecule has 0 radical (unpaired) electrons. The van der Waals surface area contributed by atoms with Gasteiger partial charge in [-0.15, -0.1) is 0 Å². The number of nitrogens with one attached hydrogen (secondary N) is 1. The van der Waals surface area contributed by atoms with Gasteiger partial charge in [-0.05, 0) is 24.6 Å². The number of fused-ring (bicyclic) bond motifs is 1. The molecule has 0 atom stereocenters. The largest absolute Gasteiger partial charge is 0.296 e. The molecule has 25 heavy (non-hydrogen) atoms. The second kappa shape index (κ2) is 6.10. The lowest BCUT2D eigenvalue weighted by Gasteiger charge is -2.03. The summed E-state index contributed by atoms with van der Waals surface area (Å²) in [5.41, 5.74) is 4.42. The number of aryl methyl sites for hydroxylation is 2. The van der Waals surface area contributed by atoms with E-state index < -0.39 is 0 Å².